The summed E-state index contributed by atoms with van der Waals surface area (Å²) >= 11 is 0. The van der Waals surface area contributed by atoms with Gasteiger partial charge >= 0.3 is 0 Å². The van der Waals surface area contributed by atoms with Crippen molar-refractivity contribution < 1.29 is 19.1 Å². The second kappa shape index (κ2) is 10.4. The van der Waals surface area contributed by atoms with Crippen LogP contribution in [0.15, 0.2) is 42.5 Å². The second-order valence-corrected chi connectivity index (χ2v) is 6.94. The maximum atomic E-state index is 12.5. The molecule has 0 aliphatic heterocycles. The Balaban J connectivity index is 1.89. The summed E-state index contributed by atoms with van der Waals surface area (Å²) in [7, 11) is 3.07. The molecule has 6 heteroatoms. The maximum absolute atomic E-state index is 12.5. The number of anilines is 1. The summed E-state index contributed by atoms with van der Waals surface area (Å²) in [5.74, 6) is -0.193. The lowest BCUT2D eigenvalue weighted by atomic mass is 10.0. The Hall–Kier alpha value is -3.15. The number of nitrogens with one attached hydrogen (secondary N) is 1. The molecule has 0 heterocycles. The first-order valence-electron chi connectivity index (χ1n) is 9.65. The predicted molar refractivity (Wildman–Crippen MR) is 113 cm³/mol. The van der Waals surface area contributed by atoms with Crippen LogP contribution in [0.1, 0.15) is 41.3 Å². The van der Waals surface area contributed by atoms with Crippen LogP contribution in [0.2, 0.25) is 0 Å². The molecule has 0 aliphatic carbocycles. The average Bonchev–Trinajstić information content (AvgIpc) is 2.71. The van der Waals surface area contributed by atoms with E-state index in [4.69, 9.17) is 4.74 Å². The number of hydrogen-bond donors (Lipinski definition) is 1. The number of nitrogens with zero attached hydrogens (tertiary/aromatic N) is 1. The Bertz CT molecular complexity index is 892. The number of ether oxygens (including phenoxy) is 1. The molecule has 2 amide bonds. The van der Waals surface area contributed by atoms with Crippen LogP contribution in [0.5, 0.6) is 5.75 Å². The number of para-hydroxylation sites is 1. The number of ketones is 1. The zero-order valence-corrected chi connectivity index (χ0v) is 17.5. The zero-order chi connectivity index (χ0) is 21.4. The van der Waals surface area contributed by atoms with Gasteiger partial charge in [0.15, 0.2) is 5.78 Å². The van der Waals surface area contributed by atoms with Gasteiger partial charge in [-0.1, -0.05) is 36.8 Å². The van der Waals surface area contributed by atoms with Crippen LogP contribution in [0.4, 0.5) is 5.69 Å². The smallest absolute Gasteiger partial charge is 0.243 e. The zero-order valence-electron chi connectivity index (χ0n) is 17.5. The molecular weight excluding hydrogens is 368 g/mol. The van der Waals surface area contributed by atoms with Gasteiger partial charge in [-0.15, -0.1) is 0 Å². The number of amides is 2. The van der Waals surface area contributed by atoms with E-state index in [1.54, 1.807) is 19.2 Å². The van der Waals surface area contributed by atoms with E-state index in [2.05, 4.69) is 5.32 Å². The number of likely N-dealkylation sites (N-methyl/N-ethyl adjacent to an activating group) is 1. The fraction of sp³-hybridized carbons (Fsp3) is 0.348. The van der Waals surface area contributed by atoms with Crippen molar-refractivity contribution in [2.45, 2.75) is 33.1 Å². The Morgan fingerprint density at radius 2 is 1.79 bits per heavy atom. The summed E-state index contributed by atoms with van der Waals surface area (Å²) in [6.45, 7) is 3.84. The lowest BCUT2D eigenvalue weighted by Crippen LogP contribution is -2.35. The van der Waals surface area contributed by atoms with Gasteiger partial charge in [0.05, 0.1) is 19.2 Å². The number of carbonyl (C=O) groups is 3. The number of hydrogen-bond acceptors (Lipinski definition) is 4. The number of rotatable bonds is 9. The molecule has 2 aromatic rings. The fourth-order valence-corrected chi connectivity index (χ4v) is 3.03. The third-order valence-electron chi connectivity index (χ3n) is 4.70. The van der Waals surface area contributed by atoms with E-state index in [0.29, 0.717) is 11.3 Å². The minimum Gasteiger partial charge on any atom is -0.496 e. The third-order valence-corrected chi connectivity index (χ3v) is 4.70. The molecule has 2 aromatic carbocycles. The van der Waals surface area contributed by atoms with Gasteiger partial charge in [0, 0.05) is 25.6 Å². The Kier molecular flexibility index (Phi) is 7.95. The first-order valence-corrected chi connectivity index (χ1v) is 9.65. The average molecular weight is 396 g/mol. The summed E-state index contributed by atoms with van der Waals surface area (Å²) in [6, 6.07) is 12.9. The van der Waals surface area contributed by atoms with Gasteiger partial charge in [-0.05, 0) is 37.1 Å². The highest BCUT2D eigenvalue weighted by Gasteiger charge is 2.18. The van der Waals surface area contributed by atoms with Gasteiger partial charge in [0.2, 0.25) is 11.8 Å². The second-order valence-electron chi connectivity index (χ2n) is 6.94. The van der Waals surface area contributed by atoms with Gasteiger partial charge in [-0.2, -0.15) is 0 Å². The van der Waals surface area contributed by atoms with Crippen LogP contribution in [-0.4, -0.2) is 43.2 Å². The predicted octanol–water partition coefficient (Wildman–Crippen LogP) is 3.63. The minimum atomic E-state index is -0.270. The van der Waals surface area contributed by atoms with E-state index in [-0.39, 0.29) is 37.0 Å². The van der Waals surface area contributed by atoms with E-state index in [1.807, 2.05) is 44.2 Å². The number of Topliss-reactive ketones (excluding diaryl/α,β-unsaturated/α-hetero) is 1. The molecule has 0 bridgehead atoms. The van der Waals surface area contributed by atoms with E-state index in [0.717, 1.165) is 23.2 Å². The molecule has 0 saturated carbocycles. The minimum absolute atomic E-state index is 0.0330. The molecule has 29 heavy (non-hydrogen) atoms. The fourth-order valence-electron chi connectivity index (χ4n) is 3.03. The highest BCUT2D eigenvalue weighted by Crippen LogP contribution is 2.22. The summed E-state index contributed by atoms with van der Waals surface area (Å²) in [5.41, 5.74) is 3.20. The Morgan fingerprint density at radius 3 is 2.48 bits per heavy atom. The van der Waals surface area contributed by atoms with Gasteiger partial charge in [0.25, 0.3) is 0 Å². The molecule has 1 N–H and O–H groups in total. The van der Waals surface area contributed by atoms with Crippen molar-refractivity contribution in [1.82, 2.24) is 4.90 Å². The van der Waals surface area contributed by atoms with Crippen LogP contribution in [0.25, 0.3) is 0 Å². The summed E-state index contributed by atoms with van der Waals surface area (Å²) in [5, 5.41) is 2.84. The largest absolute Gasteiger partial charge is 0.496 e. The summed E-state index contributed by atoms with van der Waals surface area (Å²) in [4.78, 5) is 38.5. The van der Waals surface area contributed by atoms with Crippen molar-refractivity contribution in [3.05, 3.63) is 59.2 Å². The molecule has 0 atom stereocenters. The van der Waals surface area contributed by atoms with Crippen LogP contribution >= 0.6 is 0 Å². The molecular formula is C23H28N2O4. The molecule has 0 radical (unpaired) electrons. The van der Waals surface area contributed by atoms with E-state index in [9.17, 15) is 14.4 Å². The third kappa shape index (κ3) is 6.17. The van der Waals surface area contributed by atoms with Crippen molar-refractivity contribution in [3.63, 3.8) is 0 Å². The molecule has 2 rings (SSSR count). The standard InChI is InChI=1S/C23H28N2O4/c1-5-17-8-6-7-9-19(17)24-22(27)15-25(3)23(28)13-11-20(26)18-14-16(2)10-12-21(18)29-4/h6-10,12,14H,5,11,13,15H2,1-4H3,(H,24,27). The first-order chi connectivity index (χ1) is 13.8. The van der Waals surface area contributed by atoms with Gasteiger partial charge < -0.3 is 15.0 Å². The molecule has 0 unspecified atom stereocenters. The molecule has 6 nitrogen and oxygen atoms in total. The van der Waals surface area contributed by atoms with Crippen molar-refractivity contribution >= 4 is 23.3 Å². The maximum Gasteiger partial charge on any atom is 0.243 e. The van der Waals surface area contributed by atoms with E-state index >= 15 is 0 Å². The number of carbonyl (C=O) groups excluding carboxylic acids is 3. The topological polar surface area (TPSA) is 75.7 Å². The monoisotopic (exact) mass is 396 g/mol. The van der Waals surface area contributed by atoms with E-state index in [1.165, 1.54) is 12.0 Å². The van der Waals surface area contributed by atoms with Crippen LogP contribution in [0.3, 0.4) is 0 Å². The van der Waals surface area contributed by atoms with Gasteiger partial charge in [-0.3, -0.25) is 14.4 Å². The van der Waals surface area contributed by atoms with E-state index < -0.39 is 0 Å². The highest BCUT2D eigenvalue weighted by molar-refractivity contribution is 6.01. The lowest BCUT2D eigenvalue weighted by molar-refractivity contribution is -0.133. The van der Waals surface area contributed by atoms with Crippen LogP contribution in [-0.2, 0) is 16.0 Å². The SMILES string of the molecule is CCc1ccccc1NC(=O)CN(C)C(=O)CCC(=O)c1cc(C)ccc1OC. The Morgan fingerprint density at radius 1 is 1.07 bits per heavy atom. The Labute approximate surface area is 171 Å². The van der Waals surface area contributed by atoms with Crippen molar-refractivity contribution in [2.75, 3.05) is 26.0 Å². The molecule has 0 aliphatic rings. The summed E-state index contributed by atoms with van der Waals surface area (Å²) < 4.78 is 5.23. The van der Waals surface area contributed by atoms with Crippen molar-refractivity contribution in [2.24, 2.45) is 0 Å². The highest BCUT2D eigenvalue weighted by atomic mass is 16.5. The summed E-state index contributed by atoms with van der Waals surface area (Å²) in [6.07, 6.45) is 0.893. The number of benzene rings is 2. The van der Waals surface area contributed by atoms with Gasteiger partial charge in [0.1, 0.15) is 5.75 Å². The molecule has 0 spiro atoms. The van der Waals surface area contributed by atoms with Crippen molar-refractivity contribution in [3.8, 4) is 5.75 Å². The normalized spacial score (nSPS) is 10.3. The molecule has 0 aromatic heterocycles. The lowest BCUT2D eigenvalue weighted by Gasteiger charge is -2.17. The molecule has 0 saturated heterocycles. The molecule has 0 fully saturated rings. The molecule has 154 valence electrons. The van der Waals surface area contributed by atoms with Crippen LogP contribution in [0, 0.1) is 6.92 Å². The first kappa shape index (κ1) is 22.1. The van der Waals surface area contributed by atoms with Crippen molar-refractivity contribution in [1.29, 1.82) is 0 Å². The quantitative estimate of drug-likeness (QED) is 0.657. The van der Waals surface area contributed by atoms with Crippen LogP contribution < -0.4 is 10.1 Å². The van der Waals surface area contributed by atoms with Gasteiger partial charge in [-0.25, -0.2) is 0 Å². The number of methoxy groups -OCH3 is 1. The number of aryl methyl sites for hydroxylation is 2.